The number of hydrogen-bond donors (Lipinski definition) is 1. The number of nitrogens with one attached hydrogen (secondary N) is 1. The summed E-state index contributed by atoms with van der Waals surface area (Å²) in [6.07, 6.45) is 5.57. The van der Waals surface area contributed by atoms with Crippen molar-refractivity contribution in [2.24, 2.45) is 0 Å². The Morgan fingerprint density at radius 2 is 2.00 bits per heavy atom. The highest BCUT2D eigenvalue weighted by atomic mass is 35.5. The molecule has 2 aromatic carbocycles. The number of likely N-dealkylation sites (tertiary alicyclic amines) is 2. The summed E-state index contributed by atoms with van der Waals surface area (Å²) in [6, 6.07) is 8.28. The number of carbonyl (C=O) groups is 1. The fourth-order valence-corrected chi connectivity index (χ4v) is 5.08. The number of rotatable bonds is 8. The van der Waals surface area contributed by atoms with Crippen LogP contribution in [-0.4, -0.2) is 71.6 Å². The van der Waals surface area contributed by atoms with E-state index in [1.165, 1.54) is 12.4 Å². The summed E-state index contributed by atoms with van der Waals surface area (Å²) in [7, 11) is 1.57. The van der Waals surface area contributed by atoms with Gasteiger partial charge in [-0.05, 0) is 57.0 Å². The Balaban J connectivity index is 1.35. The van der Waals surface area contributed by atoms with Crippen molar-refractivity contribution in [3.63, 3.8) is 0 Å². The van der Waals surface area contributed by atoms with Gasteiger partial charge in [0.05, 0.1) is 35.9 Å². The molecule has 0 saturated carbocycles. The molecule has 0 spiro atoms. The van der Waals surface area contributed by atoms with Gasteiger partial charge >= 0.3 is 0 Å². The van der Waals surface area contributed by atoms with Gasteiger partial charge in [0.2, 0.25) is 5.91 Å². The number of methoxy groups -OCH3 is 1. The fraction of sp³-hybridized carbons (Fsp3) is 0.423. The maximum Gasteiger partial charge on any atom is 0.237 e. The summed E-state index contributed by atoms with van der Waals surface area (Å²) in [5.41, 5.74) is 0.821. The highest BCUT2D eigenvalue weighted by Crippen LogP contribution is 2.36. The lowest BCUT2D eigenvalue weighted by Gasteiger charge is -2.27. The molecule has 2 fully saturated rings. The van der Waals surface area contributed by atoms with Crippen LogP contribution in [0, 0.1) is 5.82 Å². The van der Waals surface area contributed by atoms with Gasteiger partial charge in [-0.25, -0.2) is 14.4 Å². The number of carbonyl (C=O) groups excluding carboxylic acids is 1. The topological polar surface area (TPSA) is 79.8 Å². The third-order valence-electron chi connectivity index (χ3n) is 6.81. The van der Waals surface area contributed by atoms with Crippen LogP contribution in [0.2, 0.25) is 5.02 Å². The highest BCUT2D eigenvalue weighted by molar-refractivity contribution is 6.31. The van der Waals surface area contributed by atoms with Gasteiger partial charge in [0.15, 0.2) is 17.3 Å². The zero-order valence-corrected chi connectivity index (χ0v) is 20.9. The number of fused-ring (bicyclic) bond motifs is 1. The second-order valence-corrected chi connectivity index (χ2v) is 9.55. The van der Waals surface area contributed by atoms with E-state index in [0.717, 1.165) is 45.3 Å². The lowest BCUT2D eigenvalue weighted by atomic mass is 10.2. The average molecular weight is 514 g/mol. The van der Waals surface area contributed by atoms with Gasteiger partial charge < -0.3 is 19.7 Å². The number of amides is 1. The smallest absolute Gasteiger partial charge is 0.237 e. The largest absolute Gasteiger partial charge is 0.493 e. The quantitative estimate of drug-likeness (QED) is 0.470. The van der Waals surface area contributed by atoms with E-state index in [-0.39, 0.29) is 22.7 Å². The molecule has 36 heavy (non-hydrogen) atoms. The molecule has 3 heterocycles. The Morgan fingerprint density at radius 1 is 1.17 bits per heavy atom. The molecule has 1 amide bonds. The van der Waals surface area contributed by atoms with Gasteiger partial charge in [0.1, 0.15) is 18.8 Å². The van der Waals surface area contributed by atoms with Crippen LogP contribution < -0.4 is 14.8 Å². The van der Waals surface area contributed by atoms with Crippen molar-refractivity contribution in [1.29, 1.82) is 0 Å². The second-order valence-electron chi connectivity index (χ2n) is 9.15. The average Bonchev–Trinajstić information content (AvgIpc) is 3.57. The fourth-order valence-electron chi connectivity index (χ4n) is 4.91. The molecule has 10 heteroatoms. The van der Waals surface area contributed by atoms with Crippen LogP contribution in [0.1, 0.15) is 25.7 Å². The Morgan fingerprint density at radius 3 is 2.81 bits per heavy atom. The predicted octanol–water partition coefficient (Wildman–Crippen LogP) is 4.64. The molecule has 0 unspecified atom stereocenters. The molecule has 2 aliphatic heterocycles. The van der Waals surface area contributed by atoms with Gasteiger partial charge in [-0.1, -0.05) is 17.7 Å². The number of aromatic nitrogens is 2. The first kappa shape index (κ1) is 24.5. The summed E-state index contributed by atoms with van der Waals surface area (Å²) in [5.74, 6) is 1.05. The SMILES string of the molecule is COc1cc2ncnc(Nc3cccc(Cl)c3F)c2cc1OC[C@H]1CCCN1C(=O)CN1CCCC1. The van der Waals surface area contributed by atoms with E-state index in [9.17, 15) is 9.18 Å². The van der Waals surface area contributed by atoms with E-state index in [1.54, 1.807) is 31.4 Å². The number of hydrogen-bond acceptors (Lipinski definition) is 7. The monoisotopic (exact) mass is 513 g/mol. The number of anilines is 2. The minimum atomic E-state index is -0.559. The molecule has 2 aliphatic rings. The lowest BCUT2D eigenvalue weighted by Crippen LogP contribution is -2.44. The van der Waals surface area contributed by atoms with Crippen LogP contribution in [0.5, 0.6) is 11.5 Å². The molecular formula is C26H29ClFN5O3. The minimum Gasteiger partial charge on any atom is -0.493 e. The zero-order chi connectivity index (χ0) is 25.1. The first-order valence-electron chi connectivity index (χ1n) is 12.2. The first-order chi connectivity index (χ1) is 17.5. The zero-order valence-electron chi connectivity index (χ0n) is 20.2. The van der Waals surface area contributed by atoms with E-state index in [2.05, 4.69) is 20.2 Å². The van der Waals surface area contributed by atoms with Gasteiger partial charge in [0, 0.05) is 18.0 Å². The standard InChI is InChI=1S/C26H29ClFN5O3/c1-35-22-13-21-18(26(30-16-29-21)31-20-8-4-7-19(27)25(20)28)12-23(22)36-15-17-6-5-11-33(17)24(34)14-32-9-2-3-10-32/h4,7-8,12-13,16-17H,2-3,5-6,9-11,14-15H2,1H3,(H,29,30,31)/t17-/m1/s1. The molecule has 0 bridgehead atoms. The summed E-state index contributed by atoms with van der Waals surface area (Å²) >= 11 is 5.93. The van der Waals surface area contributed by atoms with Crippen LogP contribution in [0.3, 0.4) is 0 Å². The molecule has 1 N–H and O–H groups in total. The maximum atomic E-state index is 14.5. The molecule has 8 nitrogen and oxygen atoms in total. The van der Waals surface area contributed by atoms with Crippen LogP contribution in [0.4, 0.5) is 15.9 Å². The maximum absolute atomic E-state index is 14.5. The van der Waals surface area contributed by atoms with E-state index >= 15 is 0 Å². The number of halogens is 2. The second kappa shape index (κ2) is 10.8. The van der Waals surface area contributed by atoms with E-state index in [1.807, 2.05) is 4.90 Å². The Hall–Kier alpha value is -3.17. The van der Waals surface area contributed by atoms with Gasteiger partial charge in [0.25, 0.3) is 0 Å². The van der Waals surface area contributed by atoms with Gasteiger partial charge in [-0.2, -0.15) is 0 Å². The third-order valence-corrected chi connectivity index (χ3v) is 7.10. The highest BCUT2D eigenvalue weighted by Gasteiger charge is 2.31. The number of ether oxygens (including phenoxy) is 2. The molecule has 3 aromatic rings. The summed E-state index contributed by atoms with van der Waals surface area (Å²) in [6.45, 7) is 3.57. The van der Waals surface area contributed by atoms with Crippen LogP contribution in [-0.2, 0) is 4.79 Å². The number of nitrogens with zero attached hydrogens (tertiary/aromatic N) is 4. The summed E-state index contributed by atoms with van der Waals surface area (Å²) < 4.78 is 26.3. The van der Waals surface area contributed by atoms with Crippen molar-refractivity contribution >= 4 is 39.9 Å². The summed E-state index contributed by atoms with van der Waals surface area (Å²) in [5, 5.41) is 3.67. The van der Waals surface area contributed by atoms with Crippen LogP contribution >= 0.6 is 11.6 Å². The first-order valence-corrected chi connectivity index (χ1v) is 12.6. The molecule has 2 saturated heterocycles. The Kier molecular flexibility index (Phi) is 7.38. The normalized spacial score (nSPS) is 18.1. The van der Waals surface area contributed by atoms with Crippen molar-refractivity contribution in [2.75, 3.05) is 45.2 Å². The number of benzene rings is 2. The molecule has 1 aromatic heterocycles. The third kappa shape index (κ3) is 5.17. The van der Waals surface area contributed by atoms with Crippen molar-refractivity contribution in [1.82, 2.24) is 19.8 Å². The molecule has 0 radical (unpaired) electrons. The van der Waals surface area contributed by atoms with Crippen molar-refractivity contribution in [2.45, 2.75) is 31.7 Å². The van der Waals surface area contributed by atoms with E-state index < -0.39 is 5.82 Å². The van der Waals surface area contributed by atoms with Gasteiger partial charge in [-0.3, -0.25) is 9.69 Å². The van der Waals surface area contributed by atoms with Crippen LogP contribution in [0.25, 0.3) is 10.9 Å². The Bertz CT molecular complexity index is 1250. The van der Waals surface area contributed by atoms with Crippen molar-refractivity contribution < 1.29 is 18.7 Å². The molecule has 5 rings (SSSR count). The minimum absolute atomic E-state index is 0.00526. The molecule has 0 aliphatic carbocycles. The molecular weight excluding hydrogens is 485 g/mol. The predicted molar refractivity (Wildman–Crippen MR) is 137 cm³/mol. The van der Waals surface area contributed by atoms with Crippen molar-refractivity contribution in [3.8, 4) is 11.5 Å². The van der Waals surface area contributed by atoms with Crippen molar-refractivity contribution in [3.05, 3.63) is 47.5 Å². The molecule has 1 atom stereocenters. The van der Waals surface area contributed by atoms with E-state index in [0.29, 0.717) is 41.4 Å². The molecule has 190 valence electrons. The summed E-state index contributed by atoms with van der Waals surface area (Å²) in [4.78, 5) is 25.7. The Labute approximate surface area is 214 Å². The van der Waals surface area contributed by atoms with Crippen LogP contribution in [0.15, 0.2) is 36.7 Å². The van der Waals surface area contributed by atoms with Gasteiger partial charge in [-0.15, -0.1) is 0 Å². The van der Waals surface area contributed by atoms with E-state index in [4.69, 9.17) is 21.1 Å². The lowest BCUT2D eigenvalue weighted by molar-refractivity contribution is -0.133.